The summed E-state index contributed by atoms with van der Waals surface area (Å²) in [5, 5.41) is 0. The minimum absolute atomic E-state index is 0. The van der Waals surface area contributed by atoms with Crippen molar-refractivity contribution in [2.45, 2.75) is 0 Å². The van der Waals surface area contributed by atoms with Crippen LogP contribution in [0.2, 0.25) is 0 Å². The molecule has 0 heterocycles. The van der Waals surface area contributed by atoms with Crippen molar-refractivity contribution >= 4 is 15.6 Å². The Kier molecular flexibility index (Phi) is 6.03. The molecule has 88 valence electrons. The average Bonchev–Trinajstić information content (AvgIpc) is 1.43. The summed E-state index contributed by atoms with van der Waals surface area (Å²) in [6, 6.07) is 0. The van der Waals surface area contributed by atoms with Gasteiger partial charge in [-0.1, -0.05) is 0 Å². The summed E-state index contributed by atoms with van der Waals surface area (Å²) >= 11 is -6.80. The third-order valence-electron chi connectivity index (χ3n) is 0.395. The normalized spacial score (nSPS) is 16.9. The Morgan fingerprint density at radius 2 is 1.50 bits per heavy atom. The summed E-state index contributed by atoms with van der Waals surface area (Å²) in [5.41, 5.74) is 0. The Morgan fingerprint density at radius 3 is 1.71 bits per heavy atom. The van der Waals surface area contributed by atoms with Crippen LogP contribution in [0, 0.1) is 0 Å². The van der Waals surface area contributed by atoms with Gasteiger partial charge in [-0.2, -0.15) is 0 Å². The predicted molar refractivity (Wildman–Crippen MR) is 31.4 cm³/mol. The van der Waals surface area contributed by atoms with Crippen LogP contribution in [-0.4, -0.2) is 14.7 Å². The molecule has 0 fully saturated rings. The van der Waals surface area contributed by atoms with Crippen LogP contribution in [0.25, 0.3) is 0 Å². The van der Waals surface area contributed by atoms with Crippen LogP contribution in [0.5, 0.6) is 0 Å². The molecule has 0 saturated heterocycles. The van der Waals surface area contributed by atoms with Crippen molar-refractivity contribution in [2.24, 2.45) is 0 Å². The van der Waals surface area contributed by atoms with Crippen molar-refractivity contribution in [2.75, 3.05) is 0 Å². The number of hydrogen-bond acceptors (Lipinski definition) is 7. The second kappa shape index (κ2) is 5.00. The van der Waals surface area contributed by atoms with Crippen molar-refractivity contribution < 1.29 is 58.6 Å². The summed E-state index contributed by atoms with van der Waals surface area (Å²) in [6.07, 6.45) is 0. The summed E-state index contributed by atoms with van der Waals surface area (Å²) in [7, 11) is -10.9. The molecule has 0 rings (SSSR count). The molecule has 11 nitrogen and oxygen atoms in total. The van der Waals surface area contributed by atoms with Crippen LogP contribution < -0.4 is 9.91 Å². The standard InChI is InChI=1S/H3N.H4O7P2.3O.W/c;1-8(2,3)7-9(4,5)6;;;;/h1H3;(H2,1,2,3)(H2,4,5,6);;;;/q;;;;-1;+1. The Hall–Kier alpha value is 0.468. The van der Waals surface area contributed by atoms with Gasteiger partial charge in [-0.3, -0.25) is 0 Å². The van der Waals surface area contributed by atoms with E-state index >= 15 is 0 Å². The summed E-state index contributed by atoms with van der Waals surface area (Å²) < 4.78 is 55.6. The third-order valence-corrected chi connectivity index (χ3v) is 6.44. The van der Waals surface area contributed by atoms with Crippen LogP contribution in [0.15, 0.2) is 0 Å². The van der Waals surface area contributed by atoms with Gasteiger partial charge in [0.2, 0.25) is 0 Å². The maximum atomic E-state index is 10.3. The van der Waals surface area contributed by atoms with Gasteiger partial charge in [0, 0.05) is 0 Å². The van der Waals surface area contributed by atoms with E-state index in [4.69, 9.17) is 14.7 Å². The fraction of sp³-hybridized carbons (Fsp3) is 0. The second-order valence-corrected chi connectivity index (χ2v) is 8.78. The topological polar surface area (TPSA) is 207 Å². The Morgan fingerprint density at radius 1 is 1.14 bits per heavy atom. The number of hydrogen-bond donors (Lipinski definition) is 4. The van der Waals surface area contributed by atoms with Crippen LogP contribution in [0.3, 0.4) is 0 Å². The van der Waals surface area contributed by atoms with Gasteiger partial charge in [-0.25, -0.2) is 0 Å². The first-order valence-electron chi connectivity index (χ1n) is 2.18. The summed E-state index contributed by atoms with van der Waals surface area (Å²) in [5.74, 6) is 0. The molecule has 0 saturated carbocycles. The maximum Gasteiger partial charge on any atom is -0.369 e. The molecule has 0 aliphatic carbocycles. The van der Waals surface area contributed by atoms with Crippen molar-refractivity contribution in [1.82, 2.24) is 6.15 Å². The van der Waals surface area contributed by atoms with Gasteiger partial charge >= 0.3 is 74.2 Å². The molecule has 0 amide bonds. The van der Waals surface area contributed by atoms with Gasteiger partial charge < -0.3 is 6.15 Å². The van der Waals surface area contributed by atoms with E-state index in [0.29, 0.717) is 0 Å². The SMILES string of the molecule is O=P(O)(O)OP(=O)(O)[O][W](=[O])(=[O])[O-].[NH4+]. The zero-order valence-electron chi connectivity index (χ0n) is 6.50. The largest absolute Gasteiger partial charge is 0.369 e. The number of rotatable bonds is 4. The van der Waals surface area contributed by atoms with Crippen molar-refractivity contribution in [3.05, 3.63) is 0 Å². The van der Waals surface area contributed by atoms with Crippen LogP contribution in [-0.2, 0) is 40.2 Å². The van der Waals surface area contributed by atoms with Gasteiger partial charge in [0.05, 0.1) is 0 Å². The molecule has 1 unspecified atom stereocenters. The molecular formula is H7NO10P2W. The van der Waals surface area contributed by atoms with Gasteiger partial charge in [0.25, 0.3) is 0 Å². The Labute approximate surface area is 80.8 Å². The minimum atomic E-state index is -6.80. The van der Waals surface area contributed by atoms with Gasteiger partial charge in [-0.15, -0.1) is 0 Å². The maximum absolute atomic E-state index is 10.3. The van der Waals surface area contributed by atoms with Gasteiger partial charge in [0.15, 0.2) is 0 Å². The molecule has 0 aliphatic rings. The van der Waals surface area contributed by atoms with Gasteiger partial charge in [0.1, 0.15) is 0 Å². The van der Waals surface area contributed by atoms with Crippen LogP contribution in [0.1, 0.15) is 0 Å². The van der Waals surface area contributed by atoms with E-state index in [1.165, 1.54) is 0 Å². The van der Waals surface area contributed by atoms with Crippen LogP contribution >= 0.6 is 15.6 Å². The molecule has 0 aromatic heterocycles. The summed E-state index contributed by atoms with van der Waals surface area (Å²) in [6.45, 7) is 0. The molecule has 0 radical (unpaired) electrons. The van der Waals surface area contributed by atoms with Crippen molar-refractivity contribution in [3.8, 4) is 0 Å². The number of quaternary nitrogens is 1. The van der Waals surface area contributed by atoms with E-state index in [0.717, 1.165) is 0 Å². The zero-order chi connectivity index (χ0) is 10.9. The van der Waals surface area contributed by atoms with E-state index < -0.39 is 32.4 Å². The number of phosphoric acid groups is 2. The van der Waals surface area contributed by atoms with Crippen LogP contribution in [0.4, 0.5) is 0 Å². The fourth-order valence-electron chi connectivity index (χ4n) is 0.263. The van der Waals surface area contributed by atoms with Gasteiger partial charge in [-0.05, 0) is 0 Å². The predicted octanol–water partition coefficient (Wildman–Crippen LogP) is -1.38. The zero-order valence-corrected chi connectivity index (χ0v) is 11.2. The molecule has 0 aromatic carbocycles. The van der Waals surface area contributed by atoms with E-state index in [1.54, 1.807) is 0 Å². The van der Waals surface area contributed by atoms with E-state index in [-0.39, 0.29) is 6.15 Å². The van der Waals surface area contributed by atoms with E-state index in [1.807, 2.05) is 0 Å². The van der Waals surface area contributed by atoms with E-state index in [2.05, 4.69) is 7.49 Å². The molecule has 7 N–H and O–H groups in total. The van der Waals surface area contributed by atoms with Crippen molar-refractivity contribution in [1.29, 1.82) is 0 Å². The summed E-state index contributed by atoms with van der Waals surface area (Å²) in [4.78, 5) is 24.1. The third kappa shape index (κ3) is 10.5. The first-order chi connectivity index (χ1) is 5.41. The minimum Gasteiger partial charge on any atom is -0.369 e. The molecular weight excluding hydrogens is 420 g/mol. The molecule has 14 heteroatoms. The van der Waals surface area contributed by atoms with Crippen molar-refractivity contribution in [3.63, 3.8) is 0 Å². The molecule has 0 spiro atoms. The first kappa shape index (κ1) is 16.9. The monoisotopic (exact) mass is 427 g/mol. The average molecular weight is 427 g/mol. The Balaban J connectivity index is 0. The smallest absolute Gasteiger partial charge is 0.369 e. The molecule has 0 aromatic rings. The molecule has 14 heavy (non-hydrogen) atoms. The molecule has 0 bridgehead atoms. The first-order valence-corrected chi connectivity index (χ1v) is 10.00. The Bertz CT molecular complexity index is 360. The molecule has 1 atom stereocenters. The van der Waals surface area contributed by atoms with E-state index in [9.17, 15) is 19.7 Å². The fourth-order valence-corrected chi connectivity index (χ4v) is 5.05. The molecule has 0 aliphatic heterocycles. The quantitative estimate of drug-likeness (QED) is 0.387. The second-order valence-electron chi connectivity index (χ2n) is 1.52.